The highest BCUT2D eigenvalue weighted by Gasteiger charge is 2.77. The van der Waals surface area contributed by atoms with Crippen LogP contribution in [-0.4, -0.2) is 46.6 Å². The Labute approximate surface area is 234 Å². The van der Waals surface area contributed by atoms with Gasteiger partial charge in [0.1, 0.15) is 12.7 Å². The van der Waals surface area contributed by atoms with Crippen LogP contribution in [0.5, 0.6) is 0 Å². The van der Waals surface area contributed by atoms with Gasteiger partial charge in [0, 0.05) is 29.7 Å². The third kappa shape index (κ3) is 4.43. The molecule has 0 radical (unpaired) electrons. The minimum atomic E-state index is -1.23. The average molecular weight is 543 g/mol. The topological polar surface area (TPSA) is 93.1 Å². The van der Waals surface area contributed by atoms with Gasteiger partial charge in [-0.3, -0.25) is 4.79 Å². The molecule has 2 bridgehead atoms. The van der Waals surface area contributed by atoms with Crippen molar-refractivity contribution < 1.29 is 29.3 Å². The van der Waals surface area contributed by atoms with Crippen LogP contribution in [-0.2, 0) is 19.1 Å². The maximum atomic E-state index is 13.4. The number of fused-ring (bicyclic) bond motifs is 1. The molecule has 6 heteroatoms. The van der Waals surface area contributed by atoms with Gasteiger partial charge in [-0.1, -0.05) is 59.1 Å². The van der Waals surface area contributed by atoms with Gasteiger partial charge in [0.15, 0.2) is 0 Å². The van der Waals surface area contributed by atoms with Crippen LogP contribution in [0.3, 0.4) is 0 Å². The van der Waals surface area contributed by atoms with E-state index in [1.54, 1.807) is 6.08 Å². The van der Waals surface area contributed by atoms with Crippen LogP contribution in [0.25, 0.3) is 0 Å². The van der Waals surface area contributed by atoms with E-state index in [2.05, 4.69) is 39.8 Å². The molecular formula is C33H50O6. The predicted molar refractivity (Wildman–Crippen MR) is 149 cm³/mol. The van der Waals surface area contributed by atoms with Gasteiger partial charge in [-0.25, -0.2) is 4.79 Å². The number of rotatable bonds is 8. The summed E-state index contributed by atoms with van der Waals surface area (Å²) in [5.74, 6) is 0.184. The number of hydrogen-bond acceptors (Lipinski definition) is 6. The van der Waals surface area contributed by atoms with Gasteiger partial charge in [-0.15, -0.1) is 0 Å². The van der Waals surface area contributed by atoms with E-state index in [1.165, 1.54) is 19.8 Å². The number of cyclic esters (lactones) is 1. The molecule has 5 rings (SSSR count). The smallest absolute Gasteiger partial charge is 0.331 e. The Kier molecular flexibility index (Phi) is 7.63. The third-order valence-electron chi connectivity index (χ3n) is 11.9. The zero-order valence-electron chi connectivity index (χ0n) is 24.7. The minimum Gasteiger partial charge on any atom is -0.462 e. The van der Waals surface area contributed by atoms with E-state index >= 15 is 0 Å². The van der Waals surface area contributed by atoms with Crippen molar-refractivity contribution in [3.63, 3.8) is 0 Å². The Hall–Kier alpha value is -1.66. The van der Waals surface area contributed by atoms with Crippen molar-refractivity contribution in [2.24, 2.45) is 39.9 Å². The van der Waals surface area contributed by atoms with Gasteiger partial charge < -0.3 is 19.7 Å². The van der Waals surface area contributed by atoms with Gasteiger partial charge in [0.2, 0.25) is 0 Å². The Bertz CT molecular complexity index is 1030. The normalized spacial score (nSPS) is 43.8. The summed E-state index contributed by atoms with van der Waals surface area (Å²) >= 11 is 0. The van der Waals surface area contributed by atoms with Crippen molar-refractivity contribution in [1.82, 2.24) is 0 Å². The monoisotopic (exact) mass is 542 g/mol. The van der Waals surface area contributed by atoms with Gasteiger partial charge in [-0.2, -0.15) is 0 Å². The zero-order valence-corrected chi connectivity index (χ0v) is 24.7. The van der Waals surface area contributed by atoms with Gasteiger partial charge >= 0.3 is 11.9 Å². The fraction of sp³-hybridized carbons (Fsp3) is 0.818. The van der Waals surface area contributed by atoms with Gasteiger partial charge in [0.05, 0.1) is 11.7 Å². The van der Waals surface area contributed by atoms with Crippen molar-refractivity contribution in [2.45, 2.75) is 123 Å². The SMILES string of the molecule is CC(=O)O[C@@H]1C[C@]2(C)C=C[C@@H](CCC(C)C)[C@]3([C@@H]1[C@](C)(C1CCCC1)CC[C@@H]3O)[C@@]2(O)CCC1=CC(=O)OC1. The van der Waals surface area contributed by atoms with Gasteiger partial charge in [-0.05, 0) is 80.1 Å². The summed E-state index contributed by atoms with van der Waals surface area (Å²) in [5, 5.41) is 25.7. The molecule has 8 atom stereocenters. The molecule has 0 unspecified atom stereocenters. The van der Waals surface area contributed by atoms with E-state index in [4.69, 9.17) is 9.47 Å². The fourth-order valence-electron chi connectivity index (χ4n) is 10.2. The highest BCUT2D eigenvalue weighted by atomic mass is 16.5. The number of carbonyl (C=O) groups is 2. The average Bonchev–Trinajstić information content (AvgIpc) is 3.54. The van der Waals surface area contributed by atoms with E-state index < -0.39 is 22.5 Å². The summed E-state index contributed by atoms with van der Waals surface area (Å²) in [7, 11) is 0. The lowest BCUT2D eigenvalue weighted by Gasteiger charge is -2.74. The molecule has 5 aliphatic rings. The van der Waals surface area contributed by atoms with Crippen LogP contribution in [0.1, 0.15) is 105 Å². The summed E-state index contributed by atoms with van der Waals surface area (Å²) in [6.07, 6.45) is 14.6. The van der Waals surface area contributed by atoms with E-state index in [0.29, 0.717) is 37.5 Å². The van der Waals surface area contributed by atoms with Crippen molar-refractivity contribution in [1.29, 1.82) is 0 Å². The standard InChI is InChI=1S/C33H50O6/c1-21(2)10-11-25-13-15-30(4)19-26(39-22(3)34)29-31(5,24-8-6-7-9-24)16-14-27(35)33(25,29)32(30,37)17-12-23-18-28(36)38-20-23/h13,15,18,21,24-27,29,35,37H,6-12,14,16-17,19-20H2,1-5H3/t25-,26-,27+,29+,30+,31+,32-,33+/m1/s1. The van der Waals surface area contributed by atoms with Crippen LogP contribution < -0.4 is 0 Å². The molecule has 39 heavy (non-hydrogen) atoms. The number of allylic oxidation sites excluding steroid dienone is 1. The van der Waals surface area contributed by atoms with Crippen molar-refractivity contribution in [2.75, 3.05) is 6.61 Å². The second-order valence-electron chi connectivity index (χ2n) is 14.4. The third-order valence-corrected chi connectivity index (χ3v) is 11.9. The van der Waals surface area contributed by atoms with Gasteiger partial charge in [0.25, 0.3) is 0 Å². The molecule has 0 aromatic carbocycles. The largest absolute Gasteiger partial charge is 0.462 e. The molecule has 6 nitrogen and oxygen atoms in total. The lowest BCUT2D eigenvalue weighted by Crippen LogP contribution is -2.79. The van der Waals surface area contributed by atoms with E-state index in [-0.39, 0.29) is 41.9 Å². The molecule has 0 aromatic heterocycles. The number of carbonyl (C=O) groups excluding carboxylic acids is 2. The number of aliphatic hydroxyl groups is 2. The zero-order chi connectivity index (χ0) is 28.2. The molecule has 4 aliphatic carbocycles. The quantitative estimate of drug-likeness (QED) is 0.293. The van der Waals surface area contributed by atoms with Crippen molar-refractivity contribution >= 4 is 11.9 Å². The Morgan fingerprint density at radius 1 is 1.21 bits per heavy atom. The molecule has 1 heterocycles. The predicted octanol–water partition coefficient (Wildman–Crippen LogP) is 5.90. The summed E-state index contributed by atoms with van der Waals surface area (Å²) in [4.78, 5) is 24.4. The second-order valence-corrected chi connectivity index (χ2v) is 14.4. The molecule has 0 amide bonds. The molecule has 0 aromatic rings. The van der Waals surface area contributed by atoms with E-state index in [0.717, 1.165) is 37.7 Å². The van der Waals surface area contributed by atoms with Crippen molar-refractivity contribution in [3.05, 3.63) is 23.8 Å². The molecule has 218 valence electrons. The maximum absolute atomic E-state index is 13.4. The van der Waals surface area contributed by atoms with E-state index in [1.807, 2.05) is 0 Å². The summed E-state index contributed by atoms with van der Waals surface area (Å²) in [5.41, 5.74) is -2.03. The van der Waals surface area contributed by atoms with Crippen LogP contribution in [0.2, 0.25) is 0 Å². The van der Waals surface area contributed by atoms with Crippen molar-refractivity contribution in [3.8, 4) is 0 Å². The summed E-state index contributed by atoms with van der Waals surface area (Å²) < 4.78 is 11.4. The highest BCUT2D eigenvalue weighted by molar-refractivity contribution is 5.85. The highest BCUT2D eigenvalue weighted by Crippen LogP contribution is 2.74. The van der Waals surface area contributed by atoms with Crippen LogP contribution in [0, 0.1) is 39.9 Å². The first-order valence-corrected chi connectivity index (χ1v) is 15.5. The Morgan fingerprint density at radius 2 is 1.92 bits per heavy atom. The Morgan fingerprint density at radius 3 is 2.54 bits per heavy atom. The molecule has 1 spiro atoms. The minimum absolute atomic E-state index is 0.0344. The molecular weight excluding hydrogens is 492 g/mol. The lowest BCUT2D eigenvalue weighted by molar-refractivity contribution is -0.331. The summed E-state index contributed by atoms with van der Waals surface area (Å²) in [6, 6.07) is 0. The number of aliphatic hydroxyl groups excluding tert-OH is 1. The van der Waals surface area contributed by atoms with Crippen LogP contribution in [0.15, 0.2) is 23.8 Å². The molecule has 3 fully saturated rings. The first kappa shape index (κ1) is 28.9. The lowest BCUT2D eigenvalue weighted by atomic mass is 9.32. The number of esters is 2. The second kappa shape index (κ2) is 10.3. The fourth-order valence-corrected chi connectivity index (χ4v) is 10.2. The van der Waals surface area contributed by atoms with E-state index in [9.17, 15) is 19.8 Å². The van der Waals surface area contributed by atoms with Crippen LogP contribution in [0.4, 0.5) is 0 Å². The van der Waals surface area contributed by atoms with Crippen LogP contribution >= 0.6 is 0 Å². The maximum Gasteiger partial charge on any atom is 0.331 e. The Balaban J connectivity index is 1.70. The molecule has 3 saturated carbocycles. The molecule has 1 aliphatic heterocycles. The number of hydrogen-bond donors (Lipinski definition) is 2. The first-order chi connectivity index (χ1) is 18.4. The number of ether oxygens (including phenoxy) is 2. The molecule has 2 N–H and O–H groups in total. The molecule has 0 saturated heterocycles. The summed E-state index contributed by atoms with van der Waals surface area (Å²) in [6.45, 7) is 10.7. The first-order valence-electron chi connectivity index (χ1n) is 15.5.